The third-order valence-corrected chi connectivity index (χ3v) is 8.69. The highest BCUT2D eigenvalue weighted by molar-refractivity contribution is 6.26. The van der Waals surface area contributed by atoms with Crippen LogP contribution < -0.4 is 0 Å². The van der Waals surface area contributed by atoms with E-state index in [4.69, 9.17) is 0 Å². The SMILES string of the molecule is c1ccc(-n2c3cc(-c4cccc5ccccc45)cc4ccc5cc(-c6cccc7ccccc67)cc2c5c43)cc1. The third kappa shape index (κ3) is 3.30. The van der Waals surface area contributed by atoms with E-state index < -0.39 is 0 Å². The topological polar surface area (TPSA) is 4.93 Å². The summed E-state index contributed by atoms with van der Waals surface area (Å²) in [5.41, 5.74) is 8.68. The maximum atomic E-state index is 2.47. The van der Waals surface area contributed by atoms with E-state index in [9.17, 15) is 0 Å². The fourth-order valence-electron chi connectivity index (χ4n) is 6.89. The molecule has 0 aliphatic carbocycles. The second kappa shape index (κ2) is 8.55. The molecule has 41 heavy (non-hydrogen) atoms. The van der Waals surface area contributed by atoms with E-state index in [2.05, 4.69) is 156 Å². The van der Waals surface area contributed by atoms with Crippen molar-refractivity contribution in [1.29, 1.82) is 0 Å². The lowest BCUT2D eigenvalue weighted by Gasteiger charge is -2.12. The fraction of sp³-hybridized carbons (Fsp3) is 0. The standard InChI is InChI=1S/C40H25N/c1-2-14-32(15-3-1)41-37-24-30(35-18-8-12-26-10-4-6-16-33(26)35)22-28-20-21-29-23-31(25-38(41)40(29)39(28)37)36-19-9-13-27-11-5-7-17-34(27)36/h1-25H. The highest BCUT2D eigenvalue weighted by Gasteiger charge is 2.20. The van der Waals surface area contributed by atoms with Crippen molar-refractivity contribution in [2.75, 3.05) is 0 Å². The largest absolute Gasteiger partial charge is 0.309 e. The van der Waals surface area contributed by atoms with Gasteiger partial charge in [0.25, 0.3) is 0 Å². The molecule has 0 bridgehead atoms. The van der Waals surface area contributed by atoms with Crippen LogP contribution >= 0.6 is 0 Å². The summed E-state index contributed by atoms with van der Waals surface area (Å²) in [5, 5.41) is 10.3. The van der Waals surface area contributed by atoms with Crippen LogP contribution in [0, 0.1) is 0 Å². The van der Waals surface area contributed by atoms with Crippen LogP contribution in [0.3, 0.4) is 0 Å². The van der Waals surface area contributed by atoms with Gasteiger partial charge in [-0.25, -0.2) is 0 Å². The maximum absolute atomic E-state index is 2.47. The van der Waals surface area contributed by atoms with Crippen molar-refractivity contribution in [1.82, 2.24) is 4.57 Å². The van der Waals surface area contributed by atoms with E-state index in [0.29, 0.717) is 0 Å². The average Bonchev–Trinajstić information content (AvgIpc) is 3.38. The van der Waals surface area contributed by atoms with Crippen molar-refractivity contribution in [2.24, 2.45) is 0 Å². The smallest absolute Gasteiger partial charge is 0.0553 e. The zero-order valence-corrected chi connectivity index (χ0v) is 22.4. The zero-order valence-electron chi connectivity index (χ0n) is 22.4. The third-order valence-electron chi connectivity index (χ3n) is 8.69. The van der Waals surface area contributed by atoms with E-state index in [1.54, 1.807) is 0 Å². The quantitative estimate of drug-likeness (QED) is 0.205. The van der Waals surface area contributed by atoms with Gasteiger partial charge in [-0.1, -0.05) is 115 Å². The first-order valence-corrected chi connectivity index (χ1v) is 14.2. The molecule has 1 nitrogen and oxygen atoms in total. The Balaban J connectivity index is 1.41. The maximum Gasteiger partial charge on any atom is 0.0553 e. The number of benzene rings is 8. The first kappa shape index (κ1) is 22.4. The van der Waals surface area contributed by atoms with Gasteiger partial charge in [-0.15, -0.1) is 0 Å². The average molecular weight is 520 g/mol. The number of hydrogen-bond donors (Lipinski definition) is 0. The van der Waals surface area contributed by atoms with Gasteiger partial charge in [-0.05, 0) is 91.0 Å². The number of para-hydroxylation sites is 1. The summed E-state index contributed by atoms with van der Waals surface area (Å²) in [4.78, 5) is 0. The molecule has 0 saturated heterocycles. The van der Waals surface area contributed by atoms with Gasteiger partial charge < -0.3 is 4.57 Å². The molecule has 0 saturated carbocycles. The van der Waals surface area contributed by atoms with Crippen LogP contribution in [0.2, 0.25) is 0 Å². The molecular formula is C40H25N. The number of aromatic nitrogens is 1. The first-order chi connectivity index (χ1) is 20.3. The lowest BCUT2D eigenvalue weighted by Crippen LogP contribution is -1.94. The summed E-state index contributed by atoms with van der Waals surface area (Å²) in [6, 6.07) is 55.6. The Kier molecular flexibility index (Phi) is 4.67. The van der Waals surface area contributed by atoms with E-state index in [0.717, 1.165) is 0 Å². The van der Waals surface area contributed by atoms with Gasteiger partial charge in [0.2, 0.25) is 0 Å². The minimum absolute atomic E-state index is 1.18. The van der Waals surface area contributed by atoms with Gasteiger partial charge in [0.15, 0.2) is 0 Å². The van der Waals surface area contributed by atoms with Gasteiger partial charge in [0.1, 0.15) is 0 Å². The molecule has 190 valence electrons. The molecule has 1 aromatic heterocycles. The molecule has 9 aromatic rings. The van der Waals surface area contributed by atoms with Crippen molar-refractivity contribution in [3.63, 3.8) is 0 Å². The van der Waals surface area contributed by atoms with Crippen molar-refractivity contribution in [3.8, 4) is 27.9 Å². The van der Waals surface area contributed by atoms with Crippen molar-refractivity contribution in [3.05, 3.63) is 152 Å². The van der Waals surface area contributed by atoms with Crippen LogP contribution in [0.15, 0.2) is 152 Å². The van der Waals surface area contributed by atoms with Crippen molar-refractivity contribution in [2.45, 2.75) is 0 Å². The fourth-order valence-corrected chi connectivity index (χ4v) is 6.89. The van der Waals surface area contributed by atoms with Crippen molar-refractivity contribution < 1.29 is 0 Å². The summed E-state index contributed by atoms with van der Waals surface area (Å²) in [6.45, 7) is 0. The van der Waals surface area contributed by atoms with E-state index in [-0.39, 0.29) is 0 Å². The molecule has 0 atom stereocenters. The Bertz CT molecular complexity index is 2250. The molecule has 8 aromatic carbocycles. The van der Waals surface area contributed by atoms with Crippen LogP contribution in [0.25, 0.3) is 82.1 Å². The molecule has 1 heterocycles. The lowest BCUT2D eigenvalue weighted by atomic mass is 9.92. The van der Waals surface area contributed by atoms with Crippen LogP contribution in [0.4, 0.5) is 0 Å². The van der Waals surface area contributed by atoms with Crippen molar-refractivity contribution >= 4 is 54.1 Å². The van der Waals surface area contributed by atoms with Crippen LogP contribution in [0.1, 0.15) is 0 Å². The Morgan fingerprint density at radius 3 is 1.34 bits per heavy atom. The summed E-state index contributed by atoms with van der Waals surface area (Å²) in [7, 11) is 0. The summed E-state index contributed by atoms with van der Waals surface area (Å²) in [5.74, 6) is 0. The molecular weight excluding hydrogens is 494 g/mol. The monoisotopic (exact) mass is 519 g/mol. The van der Waals surface area contributed by atoms with Gasteiger partial charge in [-0.3, -0.25) is 0 Å². The van der Waals surface area contributed by atoms with Crippen LogP contribution in [-0.2, 0) is 0 Å². The Morgan fingerprint density at radius 1 is 0.341 bits per heavy atom. The first-order valence-electron chi connectivity index (χ1n) is 14.2. The normalized spacial score (nSPS) is 11.9. The van der Waals surface area contributed by atoms with Gasteiger partial charge >= 0.3 is 0 Å². The lowest BCUT2D eigenvalue weighted by molar-refractivity contribution is 1.18. The molecule has 0 amide bonds. The highest BCUT2D eigenvalue weighted by atomic mass is 15.0. The van der Waals surface area contributed by atoms with Crippen LogP contribution in [0.5, 0.6) is 0 Å². The summed E-state index contributed by atoms with van der Waals surface area (Å²) >= 11 is 0. The predicted octanol–water partition coefficient (Wildman–Crippen LogP) is 11.0. The van der Waals surface area contributed by atoms with E-state index in [1.807, 2.05) is 0 Å². The summed E-state index contributed by atoms with van der Waals surface area (Å²) < 4.78 is 2.47. The second-order valence-corrected chi connectivity index (χ2v) is 11.0. The van der Waals surface area contributed by atoms with Crippen LogP contribution in [-0.4, -0.2) is 4.57 Å². The minimum atomic E-state index is 1.18. The number of fused-ring (bicyclic) bond motifs is 2. The molecule has 1 heteroatoms. The zero-order chi connectivity index (χ0) is 26.9. The molecule has 0 aliphatic heterocycles. The minimum Gasteiger partial charge on any atom is -0.309 e. The van der Waals surface area contributed by atoms with E-state index in [1.165, 1.54) is 82.1 Å². The molecule has 0 fully saturated rings. The highest BCUT2D eigenvalue weighted by Crippen LogP contribution is 2.44. The number of rotatable bonds is 3. The van der Waals surface area contributed by atoms with E-state index >= 15 is 0 Å². The predicted molar refractivity (Wildman–Crippen MR) is 175 cm³/mol. The Labute approximate surface area is 237 Å². The molecule has 0 N–H and O–H groups in total. The molecule has 0 spiro atoms. The number of hydrogen-bond acceptors (Lipinski definition) is 0. The van der Waals surface area contributed by atoms with Gasteiger partial charge in [0.05, 0.1) is 11.0 Å². The second-order valence-electron chi connectivity index (χ2n) is 11.0. The number of nitrogens with zero attached hydrogens (tertiary/aromatic N) is 1. The summed E-state index contributed by atoms with van der Waals surface area (Å²) in [6.07, 6.45) is 0. The Hall–Kier alpha value is -5.40. The molecule has 0 unspecified atom stereocenters. The van der Waals surface area contributed by atoms with Gasteiger partial charge in [0, 0.05) is 16.5 Å². The molecule has 9 rings (SSSR count). The molecule has 0 aliphatic rings. The van der Waals surface area contributed by atoms with Gasteiger partial charge in [-0.2, -0.15) is 0 Å². The Morgan fingerprint density at radius 2 is 0.805 bits per heavy atom. The molecule has 0 radical (unpaired) electrons.